The van der Waals surface area contributed by atoms with Gasteiger partial charge in [-0.15, -0.1) is 0 Å². The Bertz CT molecular complexity index is 1430. The van der Waals surface area contributed by atoms with Gasteiger partial charge < -0.3 is 24.4 Å². The minimum absolute atomic E-state index is 0.254. The second-order valence-electron chi connectivity index (χ2n) is 14.2. The number of esters is 1. The maximum absolute atomic E-state index is 13.6. The third-order valence-corrected chi connectivity index (χ3v) is 8.15. The van der Waals surface area contributed by atoms with Gasteiger partial charge in [0.05, 0.1) is 35.0 Å². The fourth-order valence-corrected chi connectivity index (χ4v) is 5.69. The molecule has 0 amide bonds. The molecule has 1 aliphatic heterocycles. The van der Waals surface area contributed by atoms with E-state index in [1.54, 1.807) is 0 Å². The topological polar surface area (TPSA) is 85.8 Å². The van der Waals surface area contributed by atoms with Crippen LogP contribution in [0.4, 0.5) is 11.4 Å². The van der Waals surface area contributed by atoms with E-state index in [9.17, 15) is 4.79 Å². The molecule has 0 spiro atoms. The Labute approximate surface area is 269 Å². The molecule has 1 aliphatic rings. The van der Waals surface area contributed by atoms with E-state index in [1.807, 2.05) is 72.1 Å². The largest absolute Gasteiger partial charge is 0.491 e. The van der Waals surface area contributed by atoms with Crippen molar-refractivity contribution in [3.05, 3.63) is 65.1 Å². The van der Waals surface area contributed by atoms with E-state index >= 15 is 0 Å². The Balaban J connectivity index is 1.66. The zero-order valence-corrected chi connectivity index (χ0v) is 28.9. The molecule has 0 aliphatic carbocycles. The Kier molecular flexibility index (Phi) is 10.8. The monoisotopic (exact) mass is 616 g/mol. The van der Waals surface area contributed by atoms with Crippen LogP contribution in [0.3, 0.4) is 0 Å². The van der Waals surface area contributed by atoms with Crippen LogP contribution in [0.1, 0.15) is 89.8 Å². The van der Waals surface area contributed by atoms with Crippen molar-refractivity contribution in [2.45, 2.75) is 99.9 Å². The normalized spacial score (nSPS) is 15.6. The Hall–Kier alpha value is -3.65. The zero-order chi connectivity index (χ0) is 32.9. The number of hydrogen-bond acceptors (Lipinski definition) is 8. The van der Waals surface area contributed by atoms with Crippen LogP contribution in [-0.4, -0.2) is 53.9 Å². The highest BCUT2D eigenvalue weighted by Gasteiger charge is 2.37. The van der Waals surface area contributed by atoms with E-state index < -0.39 is 17.7 Å². The van der Waals surface area contributed by atoms with Gasteiger partial charge >= 0.3 is 5.97 Å². The SMILES string of the molecule is Cc1cccc(C)c1OCCNc1ccc(-c2cnc(C)c([C@H](OC(C)(C)C)C(=O)OC(C)C)c2N2CCC(C)(C)CC2)nc1. The second kappa shape index (κ2) is 14.2. The van der Waals surface area contributed by atoms with E-state index in [-0.39, 0.29) is 11.5 Å². The van der Waals surface area contributed by atoms with E-state index in [0.717, 1.165) is 76.7 Å². The standard InChI is InChI=1S/C37H52N4O4/c1-24(2)44-35(42)34(45-36(6,7)8)31-27(5)39-23-29(32(31)41-19-16-37(9,10)17-20-41)30-15-14-28(22-40-30)38-18-21-43-33-25(3)12-11-13-26(33)4/h11-15,22-24,34,38H,16-21H2,1-10H3/t34-/m0/s1. The summed E-state index contributed by atoms with van der Waals surface area (Å²) < 4.78 is 18.3. The summed E-state index contributed by atoms with van der Waals surface area (Å²) in [6.45, 7) is 23.2. The molecule has 244 valence electrons. The van der Waals surface area contributed by atoms with Crippen LogP contribution < -0.4 is 15.0 Å². The first-order valence-corrected chi connectivity index (χ1v) is 16.2. The Morgan fingerprint density at radius 2 is 1.67 bits per heavy atom. The minimum atomic E-state index is -0.928. The number of piperidine rings is 1. The molecule has 4 rings (SSSR count). The molecular weight excluding hydrogens is 564 g/mol. The molecule has 1 fully saturated rings. The van der Waals surface area contributed by atoms with Crippen molar-refractivity contribution >= 4 is 17.3 Å². The summed E-state index contributed by atoms with van der Waals surface area (Å²) in [5.41, 5.74) is 6.94. The number of hydrogen-bond donors (Lipinski definition) is 1. The summed E-state index contributed by atoms with van der Waals surface area (Å²) in [4.78, 5) is 25.7. The number of rotatable bonds is 11. The number of anilines is 2. The number of para-hydroxylation sites is 1. The number of pyridine rings is 2. The summed E-state index contributed by atoms with van der Waals surface area (Å²) in [5.74, 6) is 0.534. The molecular formula is C37H52N4O4. The number of aryl methyl sites for hydroxylation is 3. The van der Waals surface area contributed by atoms with Crippen molar-refractivity contribution < 1.29 is 19.0 Å². The fourth-order valence-electron chi connectivity index (χ4n) is 5.69. The van der Waals surface area contributed by atoms with Crippen molar-refractivity contribution in [2.24, 2.45) is 5.41 Å². The number of ether oxygens (including phenoxy) is 3. The summed E-state index contributed by atoms with van der Waals surface area (Å²) in [7, 11) is 0. The van der Waals surface area contributed by atoms with Crippen molar-refractivity contribution in [3.8, 4) is 17.0 Å². The number of nitrogens with one attached hydrogen (secondary N) is 1. The van der Waals surface area contributed by atoms with Gasteiger partial charge in [-0.2, -0.15) is 0 Å². The minimum Gasteiger partial charge on any atom is -0.491 e. The molecule has 0 saturated carbocycles. The van der Waals surface area contributed by atoms with Gasteiger partial charge in [0.15, 0.2) is 6.10 Å². The van der Waals surface area contributed by atoms with Gasteiger partial charge in [-0.3, -0.25) is 9.97 Å². The summed E-state index contributed by atoms with van der Waals surface area (Å²) >= 11 is 0. The van der Waals surface area contributed by atoms with Gasteiger partial charge in [0, 0.05) is 42.7 Å². The number of aromatic nitrogens is 2. The lowest BCUT2D eigenvalue weighted by molar-refractivity contribution is -0.171. The van der Waals surface area contributed by atoms with Crippen LogP contribution in [-0.2, 0) is 14.3 Å². The molecule has 45 heavy (non-hydrogen) atoms. The maximum Gasteiger partial charge on any atom is 0.340 e. The second-order valence-corrected chi connectivity index (χ2v) is 14.2. The van der Waals surface area contributed by atoms with Crippen molar-refractivity contribution in [1.29, 1.82) is 0 Å². The number of nitrogens with zero attached hydrogens (tertiary/aromatic N) is 3. The number of carbonyl (C=O) groups is 1. The van der Waals surface area contributed by atoms with Gasteiger partial charge in [0.1, 0.15) is 12.4 Å². The average molecular weight is 617 g/mol. The van der Waals surface area contributed by atoms with Crippen molar-refractivity contribution in [3.63, 3.8) is 0 Å². The van der Waals surface area contributed by atoms with Crippen LogP contribution in [0, 0.1) is 26.2 Å². The Morgan fingerprint density at radius 1 is 1.00 bits per heavy atom. The van der Waals surface area contributed by atoms with Crippen molar-refractivity contribution in [1.82, 2.24) is 9.97 Å². The molecule has 3 aromatic rings. The molecule has 1 aromatic carbocycles. The molecule has 2 aromatic heterocycles. The van der Waals surface area contributed by atoms with Crippen LogP contribution in [0.2, 0.25) is 0 Å². The van der Waals surface area contributed by atoms with Gasteiger partial charge in [-0.05, 0) is 96.9 Å². The zero-order valence-electron chi connectivity index (χ0n) is 28.9. The van der Waals surface area contributed by atoms with Crippen LogP contribution in [0.25, 0.3) is 11.3 Å². The lowest BCUT2D eigenvalue weighted by Gasteiger charge is -2.41. The average Bonchev–Trinajstić information content (AvgIpc) is 2.95. The first-order chi connectivity index (χ1) is 21.1. The summed E-state index contributed by atoms with van der Waals surface area (Å²) in [5, 5.41) is 3.42. The fraction of sp³-hybridized carbons (Fsp3) is 0.541. The first-order valence-electron chi connectivity index (χ1n) is 16.2. The van der Waals surface area contributed by atoms with E-state index in [2.05, 4.69) is 50.0 Å². The smallest absolute Gasteiger partial charge is 0.340 e. The van der Waals surface area contributed by atoms with Crippen LogP contribution in [0.15, 0.2) is 42.7 Å². The van der Waals surface area contributed by atoms with Crippen LogP contribution >= 0.6 is 0 Å². The highest BCUT2D eigenvalue weighted by atomic mass is 16.6. The lowest BCUT2D eigenvalue weighted by Crippen LogP contribution is -2.39. The van der Waals surface area contributed by atoms with E-state index in [1.165, 1.54) is 0 Å². The predicted molar refractivity (Wildman–Crippen MR) is 182 cm³/mol. The van der Waals surface area contributed by atoms with Gasteiger partial charge in [0.2, 0.25) is 0 Å². The third-order valence-electron chi connectivity index (χ3n) is 8.15. The molecule has 3 heterocycles. The Morgan fingerprint density at radius 3 is 2.24 bits per heavy atom. The molecule has 8 heteroatoms. The van der Waals surface area contributed by atoms with Crippen LogP contribution in [0.5, 0.6) is 5.75 Å². The molecule has 1 N–H and O–H groups in total. The maximum atomic E-state index is 13.6. The molecule has 0 unspecified atom stereocenters. The summed E-state index contributed by atoms with van der Waals surface area (Å²) in [6.07, 6.45) is 4.59. The molecule has 0 radical (unpaired) electrons. The van der Waals surface area contributed by atoms with Gasteiger partial charge in [-0.25, -0.2) is 4.79 Å². The lowest BCUT2D eigenvalue weighted by atomic mass is 9.82. The molecule has 1 saturated heterocycles. The van der Waals surface area contributed by atoms with Gasteiger partial charge in [-0.1, -0.05) is 32.0 Å². The summed E-state index contributed by atoms with van der Waals surface area (Å²) in [6, 6.07) is 10.2. The highest BCUT2D eigenvalue weighted by Crippen LogP contribution is 2.43. The molecule has 1 atom stereocenters. The van der Waals surface area contributed by atoms with Gasteiger partial charge in [0.25, 0.3) is 0 Å². The number of carbonyl (C=O) groups excluding carboxylic acids is 1. The molecule has 8 nitrogen and oxygen atoms in total. The quantitative estimate of drug-likeness (QED) is 0.171. The molecule has 0 bridgehead atoms. The predicted octanol–water partition coefficient (Wildman–Crippen LogP) is 7.99. The first kappa shape index (κ1) is 34.2. The highest BCUT2D eigenvalue weighted by molar-refractivity contribution is 5.86. The van der Waals surface area contributed by atoms with Crippen molar-refractivity contribution in [2.75, 3.05) is 36.5 Å². The number of benzene rings is 1. The van der Waals surface area contributed by atoms with E-state index in [0.29, 0.717) is 13.2 Å². The third kappa shape index (κ3) is 8.97. The van der Waals surface area contributed by atoms with E-state index in [4.69, 9.17) is 24.2 Å².